The zero-order chi connectivity index (χ0) is 21.6. The number of carbonyl (C=O) groups excluding carboxylic acids is 1. The fourth-order valence-electron chi connectivity index (χ4n) is 3.38. The summed E-state index contributed by atoms with van der Waals surface area (Å²) in [6.07, 6.45) is 0. The predicted molar refractivity (Wildman–Crippen MR) is 112 cm³/mol. The third kappa shape index (κ3) is 3.24. The number of ether oxygens (including phenoxy) is 1. The molecule has 0 unspecified atom stereocenters. The Labute approximate surface area is 172 Å². The van der Waals surface area contributed by atoms with Crippen molar-refractivity contribution in [1.82, 2.24) is 9.36 Å². The lowest BCUT2D eigenvalue weighted by atomic mass is 10.2. The second-order valence-corrected chi connectivity index (χ2v) is 8.64. The van der Waals surface area contributed by atoms with Gasteiger partial charge in [0.2, 0.25) is 0 Å². The smallest absolute Gasteiger partial charge is 0.296 e. The van der Waals surface area contributed by atoms with Crippen LogP contribution in [0.2, 0.25) is 0 Å². The van der Waals surface area contributed by atoms with Crippen LogP contribution in [-0.2, 0) is 21.9 Å². The second-order valence-electron chi connectivity index (χ2n) is 6.99. The standard InChI is InChI=1S/C20H20N4O5S/c1-12-9-15-16(29-11-18(25)21-15)10-17(12)30(27,28)22-19-13(2)23(3)24(20(19)26)14-7-5-4-6-8-14/h4-10,22H,11H2,1-3H3,(H,21,25). The maximum absolute atomic E-state index is 13.1. The van der Waals surface area contributed by atoms with E-state index in [1.165, 1.54) is 16.8 Å². The van der Waals surface area contributed by atoms with Crippen molar-refractivity contribution >= 4 is 27.3 Å². The van der Waals surface area contributed by atoms with Gasteiger partial charge in [0.15, 0.2) is 6.61 Å². The highest BCUT2D eigenvalue weighted by Crippen LogP contribution is 2.33. The molecule has 3 aromatic rings. The third-order valence-corrected chi connectivity index (χ3v) is 6.48. The van der Waals surface area contributed by atoms with Crippen LogP contribution in [0.15, 0.2) is 52.2 Å². The Morgan fingerprint density at radius 3 is 2.50 bits per heavy atom. The largest absolute Gasteiger partial charge is 0.482 e. The fraction of sp³-hybridized carbons (Fsp3) is 0.200. The predicted octanol–water partition coefficient (Wildman–Crippen LogP) is 1.92. The molecule has 0 radical (unpaired) electrons. The van der Waals surface area contributed by atoms with Crippen molar-refractivity contribution in [2.75, 3.05) is 16.6 Å². The summed E-state index contributed by atoms with van der Waals surface area (Å²) in [6.45, 7) is 3.08. The van der Waals surface area contributed by atoms with Crippen LogP contribution in [0, 0.1) is 13.8 Å². The lowest BCUT2D eigenvalue weighted by Gasteiger charge is -2.20. The van der Waals surface area contributed by atoms with Gasteiger partial charge in [-0.3, -0.25) is 19.0 Å². The number of anilines is 2. The molecule has 9 nitrogen and oxygen atoms in total. The van der Waals surface area contributed by atoms with Gasteiger partial charge in [0, 0.05) is 13.1 Å². The number of hydrogen-bond donors (Lipinski definition) is 2. The second kappa shape index (κ2) is 7.06. The number of nitrogens with zero attached hydrogens (tertiary/aromatic N) is 2. The molecule has 1 amide bonds. The molecular weight excluding hydrogens is 408 g/mol. The van der Waals surface area contributed by atoms with Crippen LogP contribution >= 0.6 is 0 Å². The van der Waals surface area contributed by atoms with Gasteiger partial charge in [0.05, 0.1) is 22.0 Å². The highest BCUT2D eigenvalue weighted by Gasteiger charge is 2.26. The summed E-state index contributed by atoms with van der Waals surface area (Å²) in [4.78, 5) is 24.5. The lowest BCUT2D eigenvalue weighted by Crippen LogP contribution is -2.26. The van der Waals surface area contributed by atoms with Gasteiger partial charge < -0.3 is 10.1 Å². The topological polar surface area (TPSA) is 111 Å². The first kappa shape index (κ1) is 19.8. The number of fused-ring (bicyclic) bond motifs is 1. The summed E-state index contributed by atoms with van der Waals surface area (Å²) < 4.78 is 37.0. The maximum atomic E-state index is 13.1. The monoisotopic (exact) mass is 428 g/mol. The Balaban J connectivity index is 1.77. The summed E-state index contributed by atoms with van der Waals surface area (Å²) in [5, 5.41) is 2.64. The highest BCUT2D eigenvalue weighted by atomic mass is 32.2. The van der Waals surface area contributed by atoms with Crippen molar-refractivity contribution in [3.05, 3.63) is 64.1 Å². The zero-order valence-electron chi connectivity index (χ0n) is 16.6. The van der Waals surface area contributed by atoms with Gasteiger partial charge in [-0.1, -0.05) is 18.2 Å². The molecule has 0 saturated carbocycles. The lowest BCUT2D eigenvalue weighted by molar-refractivity contribution is -0.118. The van der Waals surface area contributed by atoms with Crippen molar-refractivity contribution < 1.29 is 17.9 Å². The van der Waals surface area contributed by atoms with Crippen LogP contribution in [0.5, 0.6) is 5.75 Å². The molecule has 1 aromatic heterocycles. The van der Waals surface area contributed by atoms with Gasteiger partial charge in [-0.25, -0.2) is 13.1 Å². The van der Waals surface area contributed by atoms with Crippen molar-refractivity contribution in [3.8, 4) is 11.4 Å². The Morgan fingerprint density at radius 2 is 1.80 bits per heavy atom. The number of hydrogen-bond acceptors (Lipinski definition) is 5. The number of benzene rings is 2. The van der Waals surface area contributed by atoms with Gasteiger partial charge in [0.1, 0.15) is 11.4 Å². The molecule has 1 aliphatic heterocycles. The first-order chi connectivity index (χ1) is 14.2. The number of nitrogens with one attached hydrogen (secondary N) is 2. The molecule has 156 valence electrons. The molecule has 2 heterocycles. The van der Waals surface area contributed by atoms with E-state index in [1.807, 2.05) is 6.07 Å². The number of rotatable bonds is 4. The minimum absolute atomic E-state index is 0.0345. The van der Waals surface area contributed by atoms with Crippen LogP contribution in [0.3, 0.4) is 0 Å². The van der Waals surface area contributed by atoms with E-state index in [2.05, 4.69) is 10.0 Å². The summed E-state index contributed by atoms with van der Waals surface area (Å²) in [7, 11) is -2.41. The van der Waals surface area contributed by atoms with Gasteiger partial charge in [-0.15, -0.1) is 0 Å². The van der Waals surface area contributed by atoms with Crippen molar-refractivity contribution in [2.45, 2.75) is 18.7 Å². The van der Waals surface area contributed by atoms with E-state index in [-0.39, 0.29) is 28.8 Å². The molecule has 1 aliphatic rings. The van der Waals surface area contributed by atoms with E-state index in [4.69, 9.17) is 4.74 Å². The van der Waals surface area contributed by atoms with Crippen LogP contribution in [0.25, 0.3) is 5.69 Å². The first-order valence-corrected chi connectivity index (χ1v) is 10.6. The Morgan fingerprint density at radius 1 is 1.10 bits per heavy atom. The molecule has 2 N–H and O–H groups in total. The Kier molecular flexibility index (Phi) is 4.65. The molecule has 0 bridgehead atoms. The summed E-state index contributed by atoms with van der Waals surface area (Å²) >= 11 is 0. The van der Waals surface area contributed by atoms with E-state index in [0.717, 1.165) is 0 Å². The van der Waals surface area contributed by atoms with Gasteiger partial charge in [-0.05, 0) is 37.6 Å². The fourth-order valence-corrected chi connectivity index (χ4v) is 4.74. The summed E-state index contributed by atoms with van der Waals surface area (Å²) in [5.74, 6) is -0.0518. The van der Waals surface area contributed by atoms with Crippen molar-refractivity contribution in [2.24, 2.45) is 7.05 Å². The van der Waals surface area contributed by atoms with E-state index in [0.29, 0.717) is 22.6 Å². The molecule has 2 aromatic carbocycles. The van der Waals surface area contributed by atoms with Crippen molar-refractivity contribution in [3.63, 3.8) is 0 Å². The zero-order valence-corrected chi connectivity index (χ0v) is 17.4. The Hall–Kier alpha value is -3.53. The minimum Gasteiger partial charge on any atom is -0.482 e. The van der Waals surface area contributed by atoms with E-state index in [1.54, 1.807) is 49.8 Å². The van der Waals surface area contributed by atoms with Gasteiger partial charge >= 0.3 is 0 Å². The SMILES string of the molecule is Cc1cc2c(cc1S(=O)(=O)Nc1c(C)n(C)n(-c3ccccc3)c1=O)OCC(=O)N2. The molecule has 0 aliphatic carbocycles. The number of amides is 1. The van der Waals surface area contributed by atoms with Crippen LogP contribution in [0.1, 0.15) is 11.3 Å². The first-order valence-electron chi connectivity index (χ1n) is 9.13. The molecule has 4 rings (SSSR count). The highest BCUT2D eigenvalue weighted by molar-refractivity contribution is 7.92. The molecule has 0 atom stereocenters. The van der Waals surface area contributed by atoms with Crippen LogP contribution < -0.4 is 20.3 Å². The molecule has 0 saturated heterocycles. The van der Waals surface area contributed by atoms with Gasteiger partial charge in [0.25, 0.3) is 21.5 Å². The number of para-hydroxylation sites is 1. The molecular formula is C20H20N4O5S. The van der Waals surface area contributed by atoms with Crippen molar-refractivity contribution in [1.29, 1.82) is 0 Å². The summed E-state index contributed by atoms with van der Waals surface area (Å²) in [6, 6.07) is 11.8. The van der Waals surface area contributed by atoms with Crippen LogP contribution in [0.4, 0.5) is 11.4 Å². The third-order valence-electron chi connectivity index (χ3n) is 4.99. The number of carbonyl (C=O) groups is 1. The quantitative estimate of drug-likeness (QED) is 0.660. The Bertz CT molecular complexity index is 1320. The maximum Gasteiger partial charge on any atom is 0.296 e. The number of aromatic nitrogens is 2. The normalized spacial score (nSPS) is 13.4. The molecule has 0 spiro atoms. The number of sulfonamides is 1. The van der Waals surface area contributed by atoms with Crippen LogP contribution in [-0.4, -0.2) is 30.3 Å². The molecule has 10 heteroatoms. The molecule has 0 fully saturated rings. The van der Waals surface area contributed by atoms with E-state index in [9.17, 15) is 18.0 Å². The number of aryl methyl sites for hydroxylation is 1. The van der Waals surface area contributed by atoms with Gasteiger partial charge in [-0.2, -0.15) is 0 Å². The minimum atomic E-state index is -4.09. The van der Waals surface area contributed by atoms with E-state index < -0.39 is 15.6 Å². The average molecular weight is 428 g/mol. The molecule has 30 heavy (non-hydrogen) atoms. The summed E-state index contributed by atoms with van der Waals surface area (Å²) in [5.41, 5.74) is 1.38. The van der Waals surface area contributed by atoms with E-state index >= 15 is 0 Å². The average Bonchev–Trinajstić information content (AvgIpc) is 2.91.